The highest BCUT2D eigenvalue weighted by atomic mass is 16.3. The quantitative estimate of drug-likeness (QED) is 0.533. The van der Waals surface area contributed by atoms with Gasteiger partial charge in [0.1, 0.15) is 0 Å². The molecule has 0 spiro atoms. The summed E-state index contributed by atoms with van der Waals surface area (Å²) in [6.45, 7) is 2.51. The van der Waals surface area contributed by atoms with Crippen molar-refractivity contribution in [2.75, 3.05) is 13.7 Å². The second kappa shape index (κ2) is 12.3. The zero-order valence-corrected chi connectivity index (χ0v) is 15.0. The van der Waals surface area contributed by atoms with Crippen LogP contribution >= 0.6 is 0 Å². The molecule has 1 fully saturated rings. The minimum Gasteiger partial charge on any atom is -0.396 e. The first-order chi connectivity index (χ1) is 10.7. The van der Waals surface area contributed by atoms with Crippen LogP contribution in [-0.2, 0) is 0 Å². The molecule has 3 heteroatoms. The minimum absolute atomic E-state index is 0.126. The van der Waals surface area contributed by atoms with E-state index in [-0.39, 0.29) is 6.10 Å². The predicted octanol–water partition coefficient (Wildman–Crippen LogP) is 4.11. The second-order valence-corrected chi connectivity index (χ2v) is 7.25. The van der Waals surface area contributed by atoms with Gasteiger partial charge >= 0.3 is 0 Å². The summed E-state index contributed by atoms with van der Waals surface area (Å²) in [6, 6.07) is 1.01. The number of aliphatic hydroxyl groups is 2. The predicted molar refractivity (Wildman–Crippen MR) is 94.1 cm³/mol. The molecule has 1 rings (SSSR count). The lowest BCUT2D eigenvalue weighted by molar-refractivity contribution is -0.000732. The van der Waals surface area contributed by atoms with Crippen molar-refractivity contribution in [3.8, 4) is 0 Å². The first-order valence-electron chi connectivity index (χ1n) is 9.67. The number of piperidine rings is 1. The topological polar surface area (TPSA) is 43.7 Å². The number of hydrogen-bond donors (Lipinski definition) is 2. The molecule has 0 aromatic rings. The van der Waals surface area contributed by atoms with Crippen LogP contribution in [0.3, 0.4) is 0 Å². The SMILES string of the molecule is C[C@@H]1[C@H](O)CC[C@@H](CCCCCCCCCCCCO)N1C. The standard InChI is InChI=1S/C19H39NO2/c1-17-19(22)15-14-18(20(17)2)13-11-9-7-5-3-4-6-8-10-12-16-21/h17-19,21-22H,3-16H2,1-2H3/t17-,18-,19-/m1/s1. The molecule has 0 aromatic heterocycles. The van der Waals surface area contributed by atoms with Crippen molar-refractivity contribution in [2.45, 2.75) is 109 Å². The third-order valence-corrected chi connectivity index (χ3v) is 5.52. The average molecular weight is 314 g/mol. The Bertz CT molecular complexity index is 260. The Labute approximate surface area is 138 Å². The van der Waals surface area contributed by atoms with Crippen molar-refractivity contribution in [3.05, 3.63) is 0 Å². The number of rotatable bonds is 12. The summed E-state index contributed by atoms with van der Waals surface area (Å²) in [5, 5.41) is 18.6. The fraction of sp³-hybridized carbons (Fsp3) is 1.00. The van der Waals surface area contributed by atoms with E-state index in [9.17, 15) is 5.11 Å². The van der Waals surface area contributed by atoms with Crippen LogP contribution in [0.4, 0.5) is 0 Å². The molecule has 0 radical (unpaired) electrons. The third kappa shape index (κ3) is 7.94. The lowest BCUT2D eigenvalue weighted by Gasteiger charge is -2.41. The Morgan fingerprint density at radius 1 is 0.818 bits per heavy atom. The highest BCUT2D eigenvalue weighted by Gasteiger charge is 2.30. The van der Waals surface area contributed by atoms with Gasteiger partial charge in [-0.2, -0.15) is 0 Å². The molecule has 1 aliphatic heterocycles. The van der Waals surface area contributed by atoms with Gasteiger partial charge < -0.3 is 10.2 Å². The molecule has 0 saturated carbocycles. The maximum absolute atomic E-state index is 9.87. The number of hydrogen-bond acceptors (Lipinski definition) is 3. The maximum atomic E-state index is 9.87. The van der Waals surface area contributed by atoms with Crippen LogP contribution in [0.2, 0.25) is 0 Å². The molecule has 132 valence electrons. The van der Waals surface area contributed by atoms with Crippen molar-refractivity contribution in [1.29, 1.82) is 0 Å². The molecule has 0 aromatic carbocycles. The lowest BCUT2D eigenvalue weighted by Crippen LogP contribution is -2.49. The van der Waals surface area contributed by atoms with Crippen LogP contribution in [0.15, 0.2) is 0 Å². The molecule has 0 bridgehead atoms. The summed E-state index contributed by atoms with van der Waals surface area (Å²) in [4.78, 5) is 2.39. The van der Waals surface area contributed by atoms with E-state index in [0.717, 1.165) is 19.3 Å². The molecule has 3 atom stereocenters. The molecule has 0 aliphatic carbocycles. The summed E-state index contributed by atoms with van der Waals surface area (Å²) >= 11 is 0. The zero-order chi connectivity index (χ0) is 16.2. The molecular formula is C19H39NO2. The molecule has 1 aliphatic rings. The van der Waals surface area contributed by atoms with Crippen LogP contribution < -0.4 is 0 Å². The van der Waals surface area contributed by atoms with Crippen LogP contribution in [-0.4, -0.2) is 47.0 Å². The molecular weight excluding hydrogens is 274 g/mol. The van der Waals surface area contributed by atoms with Gasteiger partial charge in [-0.25, -0.2) is 0 Å². The van der Waals surface area contributed by atoms with Gasteiger partial charge in [-0.15, -0.1) is 0 Å². The lowest BCUT2D eigenvalue weighted by atomic mass is 9.91. The second-order valence-electron chi connectivity index (χ2n) is 7.25. The number of likely N-dealkylation sites (tertiary alicyclic amines) is 1. The van der Waals surface area contributed by atoms with Gasteiger partial charge in [0.2, 0.25) is 0 Å². The van der Waals surface area contributed by atoms with Gasteiger partial charge in [0.15, 0.2) is 0 Å². The molecule has 1 saturated heterocycles. The first kappa shape index (κ1) is 19.9. The first-order valence-corrected chi connectivity index (χ1v) is 9.67. The smallest absolute Gasteiger partial charge is 0.0693 e. The number of nitrogens with zero attached hydrogens (tertiary/aromatic N) is 1. The van der Waals surface area contributed by atoms with Gasteiger partial charge in [0.05, 0.1) is 6.10 Å². The molecule has 1 heterocycles. The van der Waals surface area contributed by atoms with Gasteiger partial charge in [0.25, 0.3) is 0 Å². The van der Waals surface area contributed by atoms with Crippen LogP contribution in [0.1, 0.15) is 90.4 Å². The van der Waals surface area contributed by atoms with Gasteiger partial charge in [-0.3, -0.25) is 4.90 Å². The number of likely N-dealkylation sites (N-methyl/N-ethyl adjacent to an activating group) is 1. The Morgan fingerprint density at radius 3 is 1.86 bits per heavy atom. The Kier molecular flexibility index (Phi) is 11.2. The van der Waals surface area contributed by atoms with E-state index in [1.165, 1.54) is 64.2 Å². The fourth-order valence-corrected chi connectivity index (χ4v) is 3.67. The Morgan fingerprint density at radius 2 is 1.32 bits per heavy atom. The molecule has 22 heavy (non-hydrogen) atoms. The van der Waals surface area contributed by atoms with Crippen molar-refractivity contribution in [2.24, 2.45) is 0 Å². The van der Waals surface area contributed by atoms with Crippen molar-refractivity contribution in [1.82, 2.24) is 4.90 Å². The van der Waals surface area contributed by atoms with Crippen molar-refractivity contribution in [3.63, 3.8) is 0 Å². The normalized spacial score (nSPS) is 26.5. The van der Waals surface area contributed by atoms with Crippen LogP contribution in [0.5, 0.6) is 0 Å². The molecule has 3 nitrogen and oxygen atoms in total. The van der Waals surface area contributed by atoms with E-state index in [4.69, 9.17) is 5.11 Å². The van der Waals surface area contributed by atoms with Gasteiger partial charge in [-0.1, -0.05) is 57.8 Å². The van der Waals surface area contributed by atoms with Crippen molar-refractivity contribution >= 4 is 0 Å². The van der Waals surface area contributed by atoms with E-state index < -0.39 is 0 Å². The summed E-state index contributed by atoms with van der Waals surface area (Å²) in [5.74, 6) is 0. The average Bonchev–Trinajstić information content (AvgIpc) is 2.52. The van der Waals surface area contributed by atoms with E-state index in [0.29, 0.717) is 18.7 Å². The summed E-state index contributed by atoms with van der Waals surface area (Å²) in [7, 11) is 2.18. The summed E-state index contributed by atoms with van der Waals surface area (Å²) in [5.41, 5.74) is 0. The largest absolute Gasteiger partial charge is 0.396 e. The van der Waals surface area contributed by atoms with Gasteiger partial charge in [0, 0.05) is 18.7 Å². The highest BCUT2D eigenvalue weighted by molar-refractivity contribution is 4.85. The minimum atomic E-state index is -0.126. The number of unbranched alkanes of at least 4 members (excludes halogenated alkanes) is 9. The molecule has 2 N–H and O–H groups in total. The highest BCUT2D eigenvalue weighted by Crippen LogP contribution is 2.25. The fourth-order valence-electron chi connectivity index (χ4n) is 3.67. The summed E-state index contributed by atoms with van der Waals surface area (Å²) < 4.78 is 0. The number of aliphatic hydroxyl groups excluding tert-OH is 2. The van der Waals surface area contributed by atoms with E-state index in [2.05, 4.69) is 18.9 Å². The summed E-state index contributed by atoms with van der Waals surface area (Å²) in [6.07, 6.45) is 16.3. The Balaban J connectivity index is 1.89. The van der Waals surface area contributed by atoms with Gasteiger partial charge in [-0.05, 0) is 39.7 Å². The zero-order valence-electron chi connectivity index (χ0n) is 15.0. The van der Waals surface area contributed by atoms with E-state index in [1.807, 2.05) is 0 Å². The van der Waals surface area contributed by atoms with E-state index in [1.54, 1.807) is 0 Å². The maximum Gasteiger partial charge on any atom is 0.0693 e. The van der Waals surface area contributed by atoms with E-state index >= 15 is 0 Å². The molecule has 0 amide bonds. The van der Waals surface area contributed by atoms with Crippen molar-refractivity contribution < 1.29 is 10.2 Å². The monoisotopic (exact) mass is 313 g/mol. The Hall–Kier alpha value is -0.120. The molecule has 0 unspecified atom stereocenters. The third-order valence-electron chi connectivity index (χ3n) is 5.52. The van der Waals surface area contributed by atoms with Crippen LogP contribution in [0, 0.1) is 0 Å². The van der Waals surface area contributed by atoms with Crippen LogP contribution in [0.25, 0.3) is 0 Å².